The van der Waals surface area contributed by atoms with Gasteiger partial charge in [-0.05, 0) is 43.9 Å². The van der Waals surface area contributed by atoms with E-state index in [4.69, 9.17) is 0 Å². The van der Waals surface area contributed by atoms with Crippen LogP contribution >= 0.6 is 0 Å². The molecule has 1 amide bonds. The van der Waals surface area contributed by atoms with E-state index in [1.54, 1.807) is 6.07 Å². The number of nitrogens with one attached hydrogen (secondary N) is 1. The van der Waals surface area contributed by atoms with Gasteiger partial charge in [-0.1, -0.05) is 48.9 Å². The molecule has 156 valence electrons. The van der Waals surface area contributed by atoms with E-state index in [-0.39, 0.29) is 18.1 Å². The minimum atomic E-state index is 0.0341. The van der Waals surface area contributed by atoms with Crippen molar-refractivity contribution in [2.24, 2.45) is 0 Å². The average molecular weight is 403 g/mol. The second-order valence-corrected chi connectivity index (χ2v) is 8.46. The molecule has 5 heteroatoms. The summed E-state index contributed by atoms with van der Waals surface area (Å²) < 4.78 is 0. The first-order chi connectivity index (χ1) is 14.7. The van der Waals surface area contributed by atoms with Gasteiger partial charge >= 0.3 is 0 Å². The van der Waals surface area contributed by atoms with Crippen LogP contribution < -0.4 is 5.32 Å². The van der Waals surface area contributed by atoms with Crippen LogP contribution in [0.25, 0.3) is 0 Å². The molecule has 3 unspecified atom stereocenters. The molecule has 2 aromatic rings. The van der Waals surface area contributed by atoms with Gasteiger partial charge in [0.15, 0.2) is 0 Å². The third-order valence-electron chi connectivity index (χ3n) is 6.48. The van der Waals surface area contributed by atoms with Crippen molar-refractivity contribution in [3.8, 4) is 6.07 Å². The molecule has 2 saturated heterocycles. The van der Waals surface area contributed by atoms with E-state index in [9.17, 15) is 10.1 Å². The molecule has 0 aromatic heterocycles. The monoisotopic (exact) mass is 402 g/mol. The third-order valence-corrected chi connectivity index (χ3v) is 6.48. The van der Waals surface area contributed by atoms with Crippen LogP contribution in [0.4, 0.5) is 5.69 Å². The van der Waals surface area contributed by atoms with Crippen LogP contribution in [-0.4, -0.2) is 47.0 Å². The Bertz CT molecular complexity index is 907. The van der Waals surface area contributed by atoms with Gasteiger partial charge in [0, 0.05) is 25.6 Å². The van der Waals surface area contributed by atoms with Gasteiger partial charge in [0.1, 0.15) is 6.07 Å². The maximum atomic E-state index is 12.9. The first-order valence-electron chi connectivity index (χ1n) is 11.0. The molecule has 30 heavy (non-hydrogen) atoms. The highest BCUT2D eigenvalue weighted by Crippen LogP contribution is 2.28. The fraction of sp³-hybridized carbons (Fsp3) is 0.440. The number of carbonyl (C=O) groups is 1. The summed E-state index contributed by atoms with van der Waals surface area (Å²) in [4.78, 5) is 17.4. The molecular formula is C25H30N4O. The molecular weight excluding hydrogens is 372 g/mol. The average Bonchev–Trinajstić information content (AvgIpc) is 3.14. The lowest BCUT2D eigenvalue weighted by molar-refractivity contribution is -0.134. The molecule has 0 saturated carbocycles. The van der Waals surface area contributed by atoms with E-state index in [2.05, 4.69) is 53.5 Å². The number of nitriles is 1. The van der Waals surface area contributed by atoms with Crippen molar-refractivity contribution in [2.75, 3.05) is 18.4 Å². The lowest BCUT2D eigenvalue weighted by Gasteiger charge is -2.43. The van der Waals surface area contributed by atoms with E-state index in [0.717, 1.165) is 18.7 Å². The molecule has 2 aliphatic heterocycles. The van der Waals surface area contributed by atoms with Crippen molar-refractivity contribution in [1.29, 1.82) is 5.26 Å². The molecule has 3 atom stereocenters. The van der Waals surface area contributed by atoms with Gasteiger partial charge < -0.3 is 10.2 Å². The summed E-state index contributed by atoms with van der Waals surface area (Å²) in [6, 6.07) is 20.9. The van der Waals surface area contributed by atoms with Gasteiger partial charge in [0.25, 0.3) is 0 Å². The Balaban J connectivity index is 1.43. The normalized spacial score (nSPS) is 23.2. The zero-order chi connectivity index (χ0) is 20.9. The highest BCUT2D eigenvalue weighted by Gasteiger charge is 2.37. The maximum absolute atomic E-state index is 12.9. The second-order valence-electron chi connectivity index (χ2n) is 8.46. The Kier molecular flexibility index (Phi) is 6.35. The molecule has 0 bridgehead atoms. The van der Waals surface area contributed by atoms with Crippen molar-refractivity contribution in [1.82, 2.24) is 9.80 Å². The van der Waals surface area contributed by atoms with Gasteiger partial charge in [-0.25, -0.2) is 0 Å². The molecule has 0 spiro atoms. The molecule has 1 N–H and O–H groups in total. The van der Waals surface area contributed by atoms with E-state index >= 15 is 0 Å². The number of hydrogen-bond donors (Lipinski definition) is 1. The summed E-state index contributed by atoms with van der Waals surface area (Å²) in [5, 5.41) is 12.8. The highest BCUT2D eigenvalue weighted by atomic mass is 16.2. The van der Waals surface area contributed by atoms with Crippen LogP contribution in [0.15, 0.2) is 54.6 Å². The van der Waals surface area contributed by atoms with Crippen molar-refractivity contribution in [3.05, 3.63) is 65.7 Å². The molecule has 2 fully saturated rings. The van der Waals surface area contributed by atoms with Gasteiger partial charge in [-0.2, -0.15) is 5.26 Å². The number of nitrogens with zero attached hydrogens (tertiary/aromatic N) is 3. The predicted molar refractivity (Wildman–Crippen MR) is 119 cm³/mol. The second kappa shape index (κ2) is 9.32. The molecule has 2 heterocycles. The Labute approximate surface area is 179 Å². The smallest absolute Gasteiger partial charge is 0.226 e. The highest BCUT2D eigenvalue weighted by molar-refractivity contribution is 5.80. The quantitative estimate of drug-likeness (QED) is 0.793. The Hall–Kier alpha value is -2.84. The molecule has 2 aromatic carbocycles. The Morgan fingerprint density at radius 2 is 1.90 bits per heavy atom. The number of benzene rings is 2. The molecule has 4 rings (SSSR count). The summed E-state index contributed by atoms with van der Waals surface area (Å²) in [7, 11) is 0. The largest absolute Gasteiger partial charge is 0.379 e. The molecule has 2 aliphatic rings. The summed E-state index contributed by atoms with van der Waals surface area (Å²) in [6.45, 7) is 3.89. The lowest BCUT2D eigenvalue weighted by atomic mass is 9.95. The van der Waals surface area contributed by atoms with Crippen LogP contribution in [0.5, 0.6) is 0 Å². The van der Waals surface area contributed by atoms with Gasteiger partial charge in [0.2, 0.25) is 5.91 Å². The molecule has 0 radical (unpaired) electrons. The molecule has 5 nitrogen and oxygen atoms in total. The predicted octanol–water partition coefficient (Wildman–Crippen LogP) is 4.01. The first-order valence-corrected chi connectivity index (χ1v) is 11.0. The fourth-order valence-electron chi connectivity index (χ4n) is 4.92. The van der Waals surface area contributed by atoms with Crippen LogP contribution in [0, 0.1) is 11.3 Å². The van der Waals surface area contributed by atoms with Gasteiger partial charge in [-0.15, -0.1) is 0 Å². The number of hydrogen-bond acceptors (Lipinski definition) is 4. The number of likely N-dealkylation sites (tertiary alicyclic amines) is 2. The standard InChI is InChI=1S/C25H30N4O/c1-19(28-14-8-7-12-23(28)15-20-9-3-2-4-10-20)29-18-22(16-25(29)30)27-24-13-6-5-11-21(24)17-26/h2-6,9-11,13,19,22-23,27H,7-8,12,14-16,18H2,1H3. The zero-order valence-corrected chi connectivity index (χ0v) is 17.6. The van der Waals surface area contributed by atoms with Gasteiger partial charge in [-0.3, -0.25) is 9.69 Å². The summed E-state index contributed by atoms with van der Waals surface area (Å²) in [5.74, 6) is 0.193. The number of para-hydroxylation sites is 1. The van der Waals surface area contributed by atoms with Crippen molar-refractivity contribution in [2.45, 2.75) is 57.3 Å². The number of amides is 1. The summed E-state index contributed by atoms with van der Waals surface area (Å²) >= 11 is 0. The minimum Gasteiger partial charge on any atom is -0.379 e. The van der Waals surface area contributed by atoms with Crippen molar-refractivity contribution >= 4 is 11.6 Å². The van der Waals surface area contributed by atoms with Gasteiger partial charge in [0.05, 0.1) is 23.5 Å². The van der Waals surface area contributed by atoms with Crippen molar-refractivity contribution in [3.63, 3.8) is 0 Å². The van der Waals surface area contributed by atoms with Crippen LogP contribution in [0.1, 0.15) is 43.7 Å². The van der Waals surface area contributed by atoms with Crippen LogP contribution in [0.3, 0.4) is 0 Å². The number of anilines is 1. The Morgan fingerprint density at radius 3 is 2.70 bits per heavy atom. The Morgan fingerprint density at radius 1 is 1.13 bits per heavy atom. The number of piperidine rings is 1. The topological polar surface area (TPSA) is 59.4 Å². The minimum absolute atomic E-state index is 0.0341. The van der Waals surface area contributed by atoms with E-state index in [1.807, 2.05) is 23.1 Å². The molecule has 0 aliphatic carbocycles. The number of rotatable bonds is 6. The van der Waals surface area contributed by atoms with Crippen molar-refractivity contribution < 1.29 is 4.79 Å². The zero-order valence-electron chi connectivity index (χ0n) is 17.6. The first kappa shape index (κ1) is 20.4. The fourth-order valence-corrected chi connectivity index (χ4v) is 4.92. The van der Waals surface area contributed by atoms with E-state index in [0.29, 0.717) is 24.6 Å². The summed E-state index contributed by atoms with van der Waals surface area (Å²) in [5.41, 5.74) is 2.80. The van der Waals surface area contributed by atoms with Crippen LogP contribution in [0.2, 0.25) is 0 Å². The van der Waals surface area contributed by atoms with Crippen LogP contribution in [-0.2, 0) is 11.2 Å². The SMILES string of the molecule is CC(N1CC(Nc2ccccc2C#N)CC1=O)N1CCCCC1Cc1ccccc1. The lowest BCUT2D eigenvalue weighted by Crippen LogP contribution is -2.54. The summed E-state index contributed by atoms with van der Waals surface area (Å²) in [6.07, 6.45) is 5.22. The third kappa shape index (κ3) is 4.49. The maximum Gasteiger partial charge on any atom is 0.226 e. The van der Waals surface area contributed by atoms with E-state index in [1.165, 1.54) is 24.8 Å². The number of carbonyl (C=O) groups excluding carboxylic acids is 1. The van der Waals surface area contributed by atoms with E-state index < -0.39 is 0 Å².